The van der Waals surface area contributed by atoms with Crippen molar-refractivity contribution < 1.29 is 23.9 Å². The number of carbonyl (C=O) groups excluding carboxylic acids is 3. The summed E-state index contributed by atoms with van der Waals surface area (Å²) in [6, 6.07) is 6.77. The Hall–Kier alpha value is -3.01. The Morgan fingerprint density at radius 1 is 1.28 bits per heavy atom. The summed E-state index contributed by atoms with van der Waals surface area (Å²) in [5.41, 5.74) is 0.676. The highest BCUT2D eigenvalue weighted by Crippen LogP contribution is 2.16. The van der Waals surface area contributed by atoms with Crippen LogP contribution in [0.1, 0.15) is 6.92 Å². The third kappa shape index (κ3) is 5.24. The second-order valence-corrected chi connectivity index (χ2v) is 5.20. The number of rotatable bonds is 5. The van der Waals surface area contributed by atoms with Gasteiger partial charge < -0.3 is 9.47 Å². The number of ether oxygens (including phenoxy) is 2. The Labute approximate surface area is 147 Å². The first-order valence-corrected chi connectivity index (χ1v) is 7.39. The maximum Gasteiger partial charge on any atom is 0.413 e. The fraction of sp³-hybridized carbons (Fsp3) is 0.286. The van der Waals surface area contributed by atoms with Crippen molar-refractivity contribution in [3.63, 3.8) is 0 Å². The maximum atomic E-state index is 11.8. The number of benzene rings is 1. The number of esters is 1. The molecule has 0 saturated carbocycles. The molecule has 0 aliphatic carbocycles. The number of hydrogen-bond acceptors (Lipinski definition) is 8. The molecule has 0 spiro atoms. The molecule has 2 amide bonds. The molecule has 1 N–H and O–H groups in total. The quantitative estimate of drug-likeness (QED) is 0.769. The molecular weight excluding hydrogens is 354 g/mol. The molecule has 0 radical (unpaired) electrons. The van der Waals surface area contributed by atoms with Crippen LogP contribution in [0, 0.1) is 0 Å². The van der Waals surface area contributed by atoms with Gasteiger partial charge in [0.1, 0.15) is 0 Å². The first-order chi connectivity index (χ1) is 11.9. The van der Waals surface area contributed by atoms with Gasteiger partial charge in [-0.15, -0.1) is 10.2 Å². The van der Waals surface area contributed by atoms with Gasteiger partial charge in [0.25, 0.3) is 5.91 Å². The summed E-state index contributed by atoms with van der Waals surface area (Å²) in [6.07, 6.45) is -2.13. The van der Waals surface area contributed by atoms with Crippen molar-refractivity contribution in [2.75, 3.05) is 7.11 Å². The zero-order valence-corrected chi connectivity index (χ0v) is 14.1. The van der Waals surface area contributed by atoms with Crippen molar-refractivity contribution in [2.24, 2.45) is 0 Å². The number of carbonyl (C=O) groups is 3. The van der Waals surface area contributed by atoms with E-state index < -0.39 is 24.1 Å². The molecule has 2 rings (SSSR count). The minimum Gasteiger partial charge on any atom is -0.453 e. The molecule has 0 saturated heterocycles. The molecule has 10 nitrogen and oxygen atoms in total. The number of nitrogens with one attached hydrogen (secondary N) is 1. The van der Waals surface area contributed by atoms with Crippen LogP contribution >= 0.6 is 11.6 Å². The van der Waals surface area contributed by atoms with Gasteiger partial charge in [-0.2, -0.15) is 4.80 Å². The van der Waals surface area contributed by atoms with Crippen molar-refractivity contribution >= 4 is 29.6 Å². The van der Waals surface area contributed by atoms with Crippen LogP contribution in [0.2, 0.25) is 5.02 Å². The largest absolute Gasteiger partial charge is 0.453 e. The molecule has 0 unspecified atom stereocenters. The Morgan fingerprint density at radius 2 is 1.96 bits per heavy atom. The van der Waals surface area contributed by atoms with E-state index in [1.807, 2.05) is 5.32 Å². The number of aromatic nitrogens is 4. The van der Waals surface area contributed by atoms with E-state index in [1.54, 1.807) is 24.3 Å². The second-order valence-electron chi connectivity index (χ2n) is 4.76. The Morgan fingerprint density at radius 3 is 2.60 bits per heavy atom. The van der Waals surface area contributed by atoms with Gasteiger partial charge in [-0.1, -0.05) is 11.6 Å². The molecule has 1 aromatic carbocycles. The van der Waals surface area contributed by atoms with Crippen LogP contribution in [0.3, 0.4) is 0 Å². The lowest BCUT2D eigenvalue weighted by Gasteiger charge is -2.11. The molecular formula is C14H14ClN5O5. The van der Waals surface area contributed by atoms with Crippen LogP contribution in [-0.4, -0.2) is 51.4 Å². The fourth-order valence-electron chi connectivity index (χ4n) is 1.68. The van der Waals surface area contributed by atoms with Crippen molar-refractivity contribution in [3.05, 3.63) is 29.3 Å². The Balaban J connectivity index is 1.91. The number of hydrogen-bond donors (Lipinski definition) is 1. The highest BCUT2D eigenvalue weighted by molar-refractivity contribution is 6.30. The van der Waals surface area contributed by atoms with Crippen molar-refractivity contribution in [3.8, 4) is 11.4 Å². The lowest BCUT2D eigenvalue weighted by molar-refractivity contribution is -0.155. The molecule has 0 bridgehead atoms. The van der Waals surface area contributed by atoms with Crippen molar-refractivity contribution in [2.45, 2.75) is 19.6 Å². The standard InChI is InChI=1S/C14H14ClN5O5/c1-8(13(22)16-14(23)24-2)25-11(21)7-20-18-12(17-19-20)9-3-5-10(15)6-4-9/h3-6,8H,7H2,1-2H3,(H,16,22,23)/t8-/m0/s1. The van der Waals surface area contributed by atoms with Gasteiger partial charge in [0, 0.05) is 10.6 Å². The smallest absolute Gasteiger partial charge is 0.413 e. The predicted octanol–water partition coefficient (Wildman–Crippen LogP) is 0.808. The van der Waals surface area contributed by atoms with Crippen LogP contribution in [0.4, 0.5) is 4.79 Å². The van der Waals surface area contributed by atoms with Gasteiger partial charge in [-0.05, 0) is 36.4 Å². The van der Waals surface area contributed by atoms with Crippen LogP contribution in [0.15, 0.2) is 24.3 Å². The Bertz CT molecular complexity index is 776. The third-order valence-corrected chi connectivity index (χ3v) is 3.17. The highest BCUT2D eigenvalue weighted by atomic mass is 35.5. The van der Waals surface area contributed by atoms with E-state index in [9.17, 15) is 14.4 Å². The topological polar surface area (TPSA) is 125 Å². The Kier molecular flexibility index (Phi) is 6.01. The van der Waals surface area contributed by atoms with Crippen LogP contribution in [-0.2, 0) is 25.6 Å². The van der Waals surface area contributed by atoms with E-state index in [0.29, 0.717) is 16.4 Å². The average Bonchev–Trinajstić information content (AvgIpc) is 3.03. The minimum atomic E-state index is -1.19. The van der Waals surface area contributed by atoms with Crippen molar-refractivity contribution in [1.29, 1.82) is 0 Å². The van der Waals surface area contributed by atoms with E-state index in [4.69, 9.17) is 16.3 Å². The molecule has 1 heterocycles. The molecule has 0 aliphatic heterocycles. The molecule has 1 aromatic heterocycles. The molecule has 25 heavy (non-hydrogen) atoms. The SMILES string of the molecule is COC(=O)NC(=O)[C@H](C)OC(=O)Cn1nnc(-c2ccc(Cl)cc2)n1. The normalized spacial score (nSPS) is 11.5. The van der Waals surface area contributed by atoms with E-state index in [-0.39, 0.29) is 6.54 Å². The summed E-state index contributed by atoms with van der Waals surface area (Å²) in [5, 5.41) is 14.1. The summed E-state index contributed by atoms with van der Waals surface area (Å²) in [7, 11) is 1.11. The number of tetrazole rings is 1. The molecule has 11 heteroatoms. The van der Waals surface area contributed by atoms with Crippen LogP contribution in [0.25, 0.3) is 11.4 Å². The van der Waals surface area contributed by atoms with Gasteiger partial charge in [0.05, 0.1) is 7.11 Å². The number of methoxy groups -OCH3 is 1. The second kappa shape index (κ2) is 8.20. The number of alkyl carbamates (subject to hydrolysis) is 1. The maximum absolute atomic E-state index is 11.8. The van der Waals surface area contributed by atoms with Gasteiger partial charge in [0.2, 0.25) is 5.82 Å². The highest BCUT2D eigenvalue weighted by Gasteiger charge is 2.21. The first kappa shape index (κ1) is 18.3. The zero-order chi connectivity index (χ0) is 18.4. The van der Waals surface area contributed by atoms with Gasteiger partial charge in [0.15, 0.2) is 12.6 Å². The van der Waals surface area contributed by atoms with Crippen LogP contribution < -0.4 is 5.32 Å². The first-order valence-electron chi connectivity index (χ1n) is 7.01. The van der Waals surface area contributed by atoms with E-state index >= 15 is 0 Å². The number of halogens is 1. The van der Waals surface area contributed by atoms with Gasteiger partial charge >= 0.3 is 12.1 Å². The lowest BCUT2D eigenvalue weighted by Crippen LogP contribution is -2.39. The number of nitrogens with zero attached hydrogens (tertiary/aromatic N) is 4. The lowest BCUT2D eigenvalue weighted by atomic mass is 10.2. The molecule has 0 aliphatic rings. The van der Waals surface area contributed by atoms with E-state index in [2.05, 4.69) is 20.1 Å². The molecule has 2 aromatic rings. The summed E-state index contributed by atoms with van der Waals surface area (Å²) >= 11 is 5.80. The molecule has 132 valence electrons. The fourth-order valence-corrected chi connectivity index (χ4v) is 1.81. The van der Waals surface area contributed by atoms with Gasteiger partial charge in [-0.25, -0.2) is 9.59 Å². The monoisotopic (exact) mass is 367 g/mol. The summed E-state index contributed by atoms with van der Waals surface area (Å²) in [6.45, 7) is 0.959. The summed E-state index contributed by atoms with van der Waals surface area (Å²) in [4.78, 5) is 35.3. The number of amides is 2. The summed E-state index contributed by atoms with van der Waals surface area (Å²) in [5.74, 6) is -1.28. The van der Waals surface area contributed by atoms with E-state index in [0.717, 1.165) is 11.9 Å². The van der Waals surface area contributed by atoms with E-state index in [1.165, 1.54) is 6.92 Å². The number of imide groups is 1. The predicted molar refractivity (Wildman–Crippen MR) is 84.4 cm³/mol. The molecule has 1 atom stereocenters. The third-order valence-electron chi connectivity index (χ3n) is 2.91. The van der Waals surface area contributed by atoms with Gasteiger partial charge in [-0.3, -0.25) is 10.1 Å². The van der Waals surface area contributed by atoms with Crippen molar-refractivity contribution in [1.82, 2.24) is 25.5 Å². The average molecular weight is 368 g/mol. The van der Waals surface area contributed by atoms with Crippen LogP contribution in [0.5, 0.6) is 0 Å². The summed E-state index contributed by atoms with van der Waals surface area (Å²) < 4.78 is 9.16. The molecule has 0 fully saturated rings. The zero-order valence-electron chi connectivity index (χ0n) is 13.3. The minimum absolute atomic E-state index is 0.306.